The van der Waals surface area contributed by atoms with Crippen LogP contribution >= 0.6 is 25.6 Å². The van der Waals surface area contributed by atoms with Crippen LogP contribution in [-0.2, 0) is 9.59 Å². The minimum Gasteiger partial charge on any atom is -0.289 e. The van der Waals surface area contributed by atoms with Crippen LogP contribution in [0.1, 0.15) is 26.7 Å². The summed E-state index contributed by atoms with van der Waals surface area (Å²) in [5.41, 5.74) is 0. The highest BCUT2D eigenvalue weighted by atomic mass is 32.1. The van der Waals surface area contributed by atoms with E-state index in [0.717, 1.165) is 0 Å². The van der Waals surface area contributed by atoms with E-state index in [1.807, 2.05) is 13.8 Å². The van der Waals surface area contributed by atoms with Crippen LogP contribution in [0.5, 0.6) is 0 Å². The average molecular weight is 236 g/mol. The molecular weight excluding hydrogens is 220 g/mol. The largest absolute Gasteiger partial charge is 0.289 e. The summed E-state index contributed by atoms with van der Waals surface area (Å²) in [7, 11) is 0. The van der Waals surface area contributed by atoms with Crippen LogP contribution in [0.4, 0.5) is 0 Å². The van der Waals surface area contributed by atoms with Gasteiger partial charge in [0, 0.05) is 25.9 Å². The Hall–Kier alpha value is -0.360. The normalized spacial score (nSPS) is 9.71. The van der Waals surface area contributed by atoms with E-state index in [4.69, 9.17) is 0 Å². The van der Waals surface area contributed by atoms with Crippen molar-refractivity contribution in [3.63, 3.8) is 0 Å². The number of carbonyl (C=O) groups is 2. The maximum Gasteiger partial charge on any atom is 0.232 e. The molecule has 0 heterocycles. The molecule has 0 aromatic rings. The summed E-state index contributed by atoms with van der Waals surface area (Å²) in [4.78, 5) is 22.5. The van der Waals surface area contributed by atoms with Gasteiger partial charge in [-0.25, -0.2) is 0 Å². The molecule has 2 amide bonds. The predicted octanol–water partition coefficient (Wildman–Crippen LogP) is 1.15. The summed E-state index contributed by atoms with van der Waals surface area (Å²) in [6.07, 6.45) is 0.375. The van der Waals surface area contributed by atoms with E-state index < -0.39 is 0 Å². The maximum atomic E-state index is 11.2. The van der Waals surface area contributed by atoms with Crippen LogP contribution in [0.15, 0.2) is 0 Å². The van der Waals surface area contributed by atoms with Crippen molar-refractivity contribution in [1.29, 1.82) is 0 Å². The Balaban J connectivity index is 3.83. The first-order chi connectivity index (χ1) is 6.52. The molecule has 14 heavy (non-hydrogen) atoms. The van der Waals surface area contributed by atoms with Crippen molar-refractivity contribution in [2.24, 2.45) is 0 Å². The standard InChI is InChI=1S/C8H16N2O2S2/c1-3-9(13)7(11)5-6-8(12)10(14)4-2/h13-14H,3-6H2,1-2H3. The number of carbonyl (C=O) groups excluding carboxylic acids is 2. The molecule has 0 rings (SSSR count). The van der Waals surface area contributed by atoms with Crippen LogP contribution in [-0.4, -0.2) is 33.5 Å². The average Bonchev–Trinajstić information content (AvgIpc) is 2.22. The third-order valence-electron chi connectivity index (χ3n) is 1.73. The highest BCUT2D eigenvalue weighted by Crippen LogP contribution is 2.04. The molecule has 0 saturated heterocycles. The highest BCUT2D eigenvalue weighted by Gasteiger charge is 2.12. The second-order valence-electron chi connectivity index (χ2n) is 2.72. The van der Waals surface area contributed by atoms with Crippen molar-refractivity contribution in [3.8, 4) is 0 Å². The number of thiol groups is 2. The minimum atomic E-state index is -0.137. The third-order valence-corrected chi connectivity index (χ3v) is 2.74. The second-order valence-corrected chi connectivity index (χ2v) is 3.68. The summed E-state index contributed by atoms with van der Waals surface area (Å²) in [5.74, 6) is -0.274. The third kappa shape index (κ3) is 4.76. The summed E-state index contributed by atoms with van der Waals surface area (Å²) in [6, 6.07) is 0. The van der Waals surface area contributed by atoms with E-state index in [1.165, 1.54) is 8.61 Å². The fourth-order valence-corrected chi connectivity index (χ4v) is 1.02. The number of nitrogens with zero attached hydrogens (tertiary/aromatic N) is 2. The Morgan fingerprint density at radius 3 is 1.43 bits per heavy atom. The number of rotatable bonds is 5. The van der Waals surface area contributed by atoms with Crippen LogP contribution in [0.2, 0.25) is 0 Å². The van der Waals surface area contributed by atoms with Crippen molar-refractivity contribution in [2.45, 2.75) is 26.7 Å². The molecule has 0 bridgehead atoms. The quantitative estimate of drug-likeness (QED) is 0.703. The Bertz CT molecular complexity index is 190. The van der Waals surface area contributed by atoms with E-state index in [-0.39, 0.29) is 24.7 Å². The number of hydrogen-bond acceptors (Lipinski definition) is 4. The lowest BCUT2D eigenvalue weighted by Crippen LogP contribution is -2.25. The smallest absolute Gasteiger partial charge is 0.232 e. The topological polar surface area (TPSA) is 40.6 Å². The van der Waals surface area contributed by atoms with Crippen LogP contribution in [0.3, 0.4) is 0 Å². The van der Waals surface area contributed by atoms with Gasteiger partial charge >= 0.3 is 0 Å². The molecule has 6 heteroatoms. The molecular formula is C8H16N2O2S2. The number of hydrogen-bond donors (Lipinski definition) is 2. The van der Waals surface area contributed by atoms with Gasteiger partial charge in [0.2, 0.25) is 11.8 Å². The lowest BCUT2D eigenvalue weighted by Gasteiger charge is -2.15. The van der Waals surface area contributed by atoms with Gasteiger partial charge in [0.25, 0.3) is 0 Å². The monoisotopic (exact) mass is 236 g/mol. The lowest BCUT2D eigenvalue weighted by atomic mass is 10.3. The van der Waals surface area contributed by atoms with Crippen LogP contribution in [0.25, 0.3) is 0 Å². The minimum absolute atomic E-state index is 0.137. The van der Waals surface area contributed by atoms with E-state index >= 15 is 0 Å². The fourth-order valence-electron chi connectivity index (χ4n) is 0.825. The molecule has 0 atom stereocenters. The molecule has 0 radical (unpaired) electrons. The summed E-state index contributed by atoms with van der Waals surface area (Å²) in [6.45, 7) is 4.72. The van der Waals surface area contributed by atoms with Gasteiger partial charge in [-0.05, 0) is 13.8 Å². The van der Waals surface area contributed by atoms with Crippen LogP contribution < -0.4 is 0 Å². The van der Waals surface area contributed by atoms with Gasteiger partial charge in [-0.2, -0.15) is 0 Å². The molecule has 0 fully saturated rings. The molecule has 0 N–H and O–H groups in total. The molecule has 82 valence electrons. The molecule has 0 aromatic heterocycles. The van der Waals surface area contributed by atoms with Gasteiger partial charge in [0.15, 0.2) is 0 Å². The van der Waals surface area contributed by atoms with Crippen molar-refractivity contribution in [2.75, 3.05) is 13.1 Å². The predicted molar refractivity (Wildman–Crippen MR) is 62.0 cm³/mol. The Morgan fingerprint density at radius 1 is 0.929 bits per heavy atom. The molecule has 0 aromatic carbocycles. The van der Waals surface area contributed by atoms with Gasteiger partial charge < -0.3 is 0 Å². The lowest BCUT2D eigenvalue weighted by molar-refractivity contribution is -0.131. The zero-order valence-corrected chi connectivity index (χ0v) is 10.2. The summed E-state index contributed by atoms with van der Waals surface area (Å²) >= 11 is 7.88. The SMILES string of the molecule is CCN(S)C(=O)CCC(=O)N(S)CC. The Kier molecular flexibility index (Phi) is 6.82. The number of amides is 2. The Morgan fingerprint density at radius 2 is 1.21 bits per heavy atom. The van der Waals surface area contributed by atoms with Gasteiger partial charge in [0.05, 0.1) is 0 Å². The van der Waals surface area contributed by atoms with Crippen molar-refractivity contribution in [3.05, 3.63) is 0 Å². The molecule has 0 saturated carbocycles. The Labute approximate surface area is 95.7 Å². The summed E-state index contributed by atoms with van der Waals surface area (Å²) in [5, 5.41) is 0. The molecule has 0 aliphatic carbocycles. The van der Waals surface area contributed by atoms with Gasteiger partial charge in [0.1, 0.15) is 0 Å². The van der Waals surface area contributed by atoms with E-state index in [9.17, 15) is 9.59 Å². The molecule has 0 spiro atoms. The molecule has 4 nitrogen and oxygen atoms in total. The van der Waals surface area contributed by atoms with E-state index in [0.29, 0.717) is 13.1 Å². The van der Waals surface area contributed by atoms with E-state index in [2.05, 4.69) is 25.6 Å². The zero-order valence-electron chi connectivity index (χ0n) is 8.43. The molecule has 0 unspecified atom stereocenters. The zero-order chi connectivity index (χ0) is 11.1. The molecule has 0 aliphatic heterocycles. The second kappa shape index (κ2) is 7.00. The van der Waals surface area contributed by atoms with Crippen molar-refractivity contribution >= 4 is 37.4 Å². The highest BCUT2D eigenvalue weighted by molar-refractivity contribution is 7.78. The van der Waals surface area contributed by atoms with E-state index in [1.54, 1.807) is 0 Å². The summed E-state index contributed by atoms with van der Waals surface area (Å²) < 4.78 is 2.59. The van der Waals surface area contributed by atoms with Crippen LogP contribution in [0, 0.1) is 0 Å². The van der Waals surface area contributed by atoms with Crippen molar-refractivity contribution in [1.82, 2.24) is 8.61 Å². The first-order valence-corrected chi connectivity index (χ1v) is 5.31. The van der Waals surface area contributed by atoms with Gasteiger partial charge in [-0.15, -0.1) is 0 Å². The van der Waals surface area contributed by atoms with Crippen molar-refractivity contribution < 1.29 is 9.59 Å². The van der Waals surface area contributed by atoms with Gasteiger partial charge in [-0.1, -0.05) is 25.6 Å². The molecule has 0 aliphatic rings. The fraction of sp³-hybridized carbons (Fsp3) is 0.750. The maximum absolute atomic E-state index is 11.2. The first-order valence-electron chi connectivity index (χ1n) is 4.51. The first kappa shape index (κ1) is 13.6. The van der Waals surface area contributed by atoms with Gasteiger partial charge in [-0.3, -0.25) is 18.2 Å².